The number of rotatable bonds is 10. The topological polar surface area (TPSA) is 120 Å². The molecule has 0 radical (unpaired) electrons. The molecule has 2 heterocycles. The molecule has 0 unspecified atom stereocenters. The zero-order valence-electron chi connectivity index (χ0n) is 20.6. The highest BCUT2D eigenvalue weighted by atomic mass is 16.5. The maximum absolute atomic E-state index is 6.01. The van der Waals surface area contributed by atoms with Crippen molar-refractivity contribution < 1.29 is 9.47 Å². The van der Waals surface area contributed by atoms with Crippen LogP contribution in [-0.2, 0) is 17.9 Å². The molecule has 2 aromatic heterocycles. The molecule has 0 aliphatic heterocycles. The van der Waals surface area contributed by atoms with E-state index in [0.717, 1.165) is 50.4 Å². The quantitative estimate of drug-likeness (QED) is 0.197. The van der Waals surface area contributed by atoms with E-state index >= 15 is 0 Å². The summed E-state index contributed by atoms with van der Waals surface area (Å²) < 4.78 is 10.9. The predicted octanol–water partition coefficient (Wildman–Crippen LogP) is 4.17. The second kappa shape index (κ2) is 11.9. The van der Waals surface area contributed by atoms with Crippen LogP contribution in [-0.4, -0.2) is 40.7 Å². The van der Waals surface area contributed by atoms with Crippen LogP contribution in [0.15, 0.2) is 71.3 Å². The molecular weight excluding hydrogens is 454 g/mol. The van der Waals surface area contributed by atoms with Crippen LogP contribution in [0.4, 0.5) is 5.69 Å². The molecule has 4 rings (SSSR count). The van der Waals surface area contributed by atoms with E-state index in [9.17, 15) is 0 Å². The lowest BCUT2D eigenvalue weighted by atomic mass is 10.1. The lowest BCUT2D eigenvalue weighted by Crippen LogP contribution is -2.17. The first-order valence-corrected chi connectivity index (χ1v) is 11.5. The zero-order chi connectivity index (χ0) is 25.3. The first-order valence-electron chi connectivity index (χ1n) is 11.5. The van der Waals surface area contributed by atoms with Gasteiger partial charge in [0.15, 0.2) is 0 Å². The van der Waals surface area contributed by atoms with Crippen molar-refractivity contribution in [3.05, 3.63) is 89.1 Å². The van der Waals surface area contributed by atoms with Crippen molar-refractivity contribution in [1.82, 2.24) is 15.0 Å². The maximum Gasteiger partial charge on any atom is 0.148 e. The van der Waals surface area contributed by atoms with Crippen LogP contribution in [0.25, 0.3) is 10.9 Å². The van der Waals surface area contributed by atoms with Gasteiger partial charge in [-0.2, -0.15) is 5.10 Å². The molecule has 36 heavy (non-hydrogen) atoms. The molecule has 0 bridgehead atoms. The smallest absolute Gasteiger partial charge is 0.148 e. The van der Waals surface area contributed by atoms with Crippen molar-refractivity contribution in [3.63, 3.8) is 0 Å². The number of aromatic nitrogens is 3. The van der Waals surface area contributed by atoms with Gasteiger partial charge in [-0.05, 0) is 73.0 Å². The minimum atomic E-state index is 0.232. The molecule has 0 aliphatic carbocycles. The van der Waals surface area contributed by atoms with Gasteiger partial charge in [0.1, 0.15) is 31.1 Å². The Bertz CT molecular complexity index is 1400. The van der Waals surface area contributed by atoms with Crippen molar-refractivity contribution >= 4 is 28.6 Å². The van der Waals surface area contributed by atoms with Crippen LogP contribution >= 0.6 is 0 Å². The van der Waals surface area contributed by atoms with E-state index in [1.54, 1.807) is 25.8 Å². The third-order valence-corrected chi connectivity index (χ3v) is 5.42. The Balaban J connectivity index is 1.43. The molecule has 3 N–H and O–H groups in total. The predicted molar refractivity (Wildman–Crippen MR) is 142 cm³/mol. The highest BCUT2D eigenvalue weighted by Crippen LogP contribution is 2.24. The summed E-state index contributed by atoms with van der Waals surface area (Å²) in [6.07, 6.45) is 5.01. The lowest BCUT2D eigenvalue weighted by molar-refractivity contribution is 0.244. The summed E-state index contributed by atoms with van der Waals surface area (Å²) in [5.41, 5.74) is 12.4. The number of ether oxygens (including phenoxy) is 2. The van der Waals surface area contributed by atoms with Gasteiger partial charge >= 0.3 is 0 Å². The number of aryl methyl sites for hydroxylation is 2. The van der Waals surface area contributed by atoms with Crippen molar-refractivity contribution in [2.75, 3.05) is 19.0 Å². The number of anilines is 1. The summed E-state index contributed by atoms with van der Waals surface area (Å²) in [7, 11) is 1.55. The fourth-order valence-corrected chi connectivity index (χ4v) is 3.66. The number of fused-ring (bicyclic) bond motifs is 1. The molecule has 2 aromatic carbocycles. The van der Waals surface area contributed by atoms with Crippen LogP contribution in [0.1, 0.15) is 28.1 Å². The maximum atomic E-state index is 6.01. The largest absolute Gasteiger partial charge is 0.489 e. The van der Waals surface area contributed by atoms with Gasteiger partial charge in [-0.3, -0.25) is 4.98 Å². The Hall–Kier alpha value is -4.37. The molecule has 0 fully saturated rings. The number of methoxy groups -OCH3 is 1. The number of hydrogen-bond acceptors (Lipinski definition) is 8. The third-order valence-electron chi connectivity index (χ3n) is 5.42. The van der Waals surface area contributed by atoms with Gasteiger partial charge in [-0.25, -0.2) is 9.97 Å². The van der Waals surface area contributed by atoms with Gasteiger partial charge in [0.2, 0.25) is 0 Å². The number of benzene rings is 2. The lowest BCUT2D eigenvalue weighted by Gasteiger charge is -2.13. The first kappa shape index (κ1) is 24.7. The summed E-state index contributed by atoms with van der Waals surface area (Å²) >= 11 is 0. The summed E-state index contributed by atoms with van der Waals surface area (Å²) in [5.74, 6) is 1.15. The van der Waals surface area contributed by atoms with E-state index in [-0.39, 0.29) is 6.61 Å². The second-order valence-electron chi connectivity index (χ2n) is 8.29. The van der Waals surface area contributed by atoms with E-state index < -0.39 is 0 Å². The van der Waals surface area contributed by atoms with Crippen LogP contribution in [0.5, 0.6) is 5.75 Å². The summed E-state index contributed by atoms with van der Waals surface area (Å²) in [5, 5.41) is 12.3. The van der Waals surface area contributed by atoms with Crippen LogP contribution in [0, 0.1) is 13.8 Å². The van der Waals surface area contributed by atoms with Gasteiger partial charge in [-0.15, -0.1) is 5.10 Å². The van der Waals surface area contributed by atoms with Crippen molar-refractivity contribution in [2.45, 2.75) is 27.0 Å². The summed E-state index contributed by atoms with van der Waals surface area (Å²) in [6, 6.07) is 15.9. The van der Waals surface area contributed by atoms with E-state index in [4.69, 9.17) is 15.2 Å². The zero-order valence-corrected chi connectivity index (χ0v) is 20.6. The van der Waals surface area contributed by atoms with Crippen molar-refractivity contribution in [2.24, 2.45) is 15.9 Å². The fourth-order valence-electron chi connectivity index (χ4n) is 3.66. The Kier molecular flexibility index (Phi) is 8.15. The number of pyridine rings is 1. The number of amidine groups is 1. The second-order valence-corrected chi connectivity index (χ2v) is 8.29. The number of nitrogens with one attached hydrogen (secondary N) is 1. The van der Waals surface area contributed by atoms with E-state index in [0.29, 0.717) is 19.0 Å². The molecule has 0 saturated carbocycles. The standard InChI is InChI=1S/C27H29N7O2/c1-18-10-22(5-7-26(18)36-15-21-8-9-29-19(2)11-21)30-14-25-23-12-20(4-6-24(23)31-17-32-25)13-33-34-27(28)16-35-3/h4-13,17,30H,14-16H2,1-3H3,(H2,28,34)/b33-13+. The third kappa shape index (κ3) is 6.61. The Labute approximate surface area is 210 Å². The first-order chi connectivity index (χ1) is 17.5. The van der Waals surface area contributed by atoms with Gasteiger partial charge in [-0.1, -0.05) is 6.07 Å². The Morgan fingerprint density at radius 1 is 1.06 bits per heavy atom. The fraction of sp³-hybridized carbons (Fsp3) is 0.222. The molecule has 184 valence electrons. The van der Waals surface area contributed by atoms with Crippen LogP contribution in [0.2, 0.25) is 0 Å². The van der Waals surface area contributed by atoms with Crippen molar-refractivity contribution in [3.8, 4) is 5.75 Å². The Morgan fingerprint density at radius 3 is 2.75 bits per heavy atom. The molecule has 9 heteroatoms. The van der Waals surface area contributed by atoms with Gasteiger partial charge in [0.05, 0.1) is 24.0 Å². The monoisotopic (exact) mass is 483 g/mol. The molecule has 0 spiro atoms. The minimum absolute atomic E-state index is 0.232. The highest BCUT2D eigenvalue weighted by molar-refractivity contribution is 5.90. The number of nitrogens with zero attached hydrogens (tertiary/aromatic N) is 5. The summed E-state index contributed by atoms with van der Waals surface area (Å²) in [4.78, 5) is 13.1. The molecule has 9 nitrogen and oxygen atoms in total. The van der Waals surface area contributed by atoms with Gasteiger partial charge in [0, 0.05) is 30.1 Å². The molecule has 0 atom stereocenters. The van der Waals surface area contributed by atoms with E-state index in [2.05, 4.69) is 36.5 Å². The van der Waals surface area contributed by atoms with Gasteiger partial charge < -0.3 is 20.5 Å². The average Bonchev–Trinajstić information content (AvgIpc) is 2.87. The highest BCUT2D eigenvalue weighted by Gasteiger charge is 2.07. The molecule has 4 aromatic rings. The number of nitrogens with two attached hydrogens (primary N) is 1. The minimum Gasteiger partial charge on any atom is -0.489 e. The van der Waals surface area contributed by atoms with Crippen molar-refractivity contribution in [1.29, 1.82) is 0 Å². The van der Waals surface area contributed by atoms with Crippen LogP contribution in [0.3, 0.4) is 0 Å². The average molecular weight is 484 g/mol. The van der Waals surface area contributed by atoms with E-state index in [1.165, 1.54) is 0 Å². The molecule has 0 amide bonds. The Morgan fingerprint density at radius 2 is 1.94 bits per heavy atom. The van der Waals surface area contributed by atoms with E-state index in [1.807, 2.05) is 56.3 Å². The van der Waals surface area contributed by atoms with Gasteiger partial charge in [0.25, 0.3) is 0 Å². The number of hydrogen-bond donors (Lipinski definition) is 2. The molecular formula is C27H29N7O2. The SMILES string of the molecule is COCC(N)=N/N=C/c1ccc2ncnc(CNc3ccc(OCc4ccnc(C)c4)c(C)c3)c2c1. The summed E-state index contributed by atoms with van der Waals surface area (Å²) in [6.45, 7) is 5.27. The molecule has 0 saturated heterocycles. The normalized spacial score (nSPS) is 11.8. The molecule has 0 aliphatic rings. The van der Waals surface area contributed by atoms with Crippen LogP contribution < -0.4 is 15.8 Å².